The van der Waals surface area contributed by atoms with Gasteiger partial charge in [-0.25, -0.2) is 8.42 Å². The summed E-state index contributed by atoms with van der Waals surface area (Å²) in [7, 11) is -4.43. The molecule has 0 bridgehead atoms. The van der Waals surface area contributed by atoms with E-state index >= 15 is 0 Å². The number of esters is 2. The van der Waals surface area contributed by atoms with Crippen LogP contribution in [0.1, 0.15) is 37.3 Å². The number of hydrogen-bond donors (Lipinski definition) is 3. The molecule has 1 fully saturated rings. The van der Waals surface area contributed by atoms with Crippen molar-refractivity contribution in [1.82, 2.24) is 15.3 Å². The number of rotatable bonds is 6. The van der Waals surface area contributed by atoms with Gasteiger partial charge in [-0.1, -0.05) is 36.4 Å². The maximum Gasteiger partial charge on any atom is 0.326 e. The number of aromatic amines is 2. The van der Waals surface area contributed by atoms with Crippen LogP contribution >= 0.6 is 0 Å². The van der Waals surface area contributed by atoms with Crippen molar-refractivity contribution in [3.63, 3.8) is 0 Å². The lowest BCUT2D eigenvalue weighted by Gasteiger charge is -2.39. The lowest BCUT2D eigenvalue weighted by molar-refractivity contribution is -0.144. The third kappa shape index (κ3) is 4.06. The number of carbonyl (C=O) groups excluding carboxylic acids is 2. The lowest BCUT2D eigenvalue weighted by atomic mass is 10.0. The Hall–Kier alpha value is -3.63. The van der Waals surface area contributed by atoms with Gasteiger partial charge in [0.15, 0.2) is 20.3 Å². The Morgan fingerprint density at radius 1 is 0.750 bits per heavy atom. The molecule has 188 valence electrons. The molecule has 2 aromatic carbocycles. The van der Waals surface area contributed by atoms with Crippen molar-refractivity contribution in [2.75, 3.05) is 13.2 Å². The third-order valence-electron chi connectivity index (χ3n) is 6.48. The maximum atomic E-state index is 14.1. The van der Waals surface area contributed by atoms with Gasteiger partial charge >= 0.3 is 11.9 Å². The van der Waals surface area contributed by atoms with E-state index in [1.165, 1.54) is 0 Å². The SMILES string of the molecule is CCOC(=O)C1C(c2cc3ccccc3[nH]2)NC(c2cc3ccccc3[nH]2)C(C(=O)OCC)S1(=O)=O. The van der Waals surface area contributed by atoms with E-state index in [1.54, 1.807) is 13.8 Å². The van der Waals surface area contributed by atoms with Crippen LogP contribution in [0.15, 0.2) is 60.7 Å². The Labute approximate surface area is 208 Å². The summed E-state index contributed by atoms with van der Waals surface area (Å²) in [5, 5.41) is 1.72. The second-order valence-electron chi connectivity index (χ2n) is 8.68. The number of ether oxygens (including phenoxy) is 2. The van der Waals surface area contributed by atoms with E-state index in [2.05, 4.69) is 15.3 Å². The average Bonchev–Trinajstić information content (AvgIpc) is 3.47. The van der Waals surface area contributed by atoms with Gasteiger partial charge in [-0.15, -0.1) is 0 Å². The van der Waals surface area contributed by atoms with Gasteiger partial charge in [0.05, 0.1) is 25.3 Å². The Morgan fingerprint density at radius 3 is 1.56 bits per heavy atom. The highest BCUT2D eigenvalue weighted by Gasteiger charge is 2.57. The zero-order chi connectivity index (χ0) is 25.4. The van der Waals surface area contributed by atoms with E-state index in [4.69, 9.17) is 9.47 Å². The van der Waals surface area contributed by atoms with Gasteiger partial charge in [-0.05, 0) is 48.9 Å². The van der Waals surface area contributed by atoms with Gasteiger partial charge in [0.2, 0.25) is 0 Å². The van der Waals surface area contributed by atoms with Gasteiger partial charge in [0, 0.05) is 22.4 Å². The number of hydrogen-bond acceptors (Lipinski definition) is 7. The van der Waals surface area contributed by atoms with E-state index in [9.17, 15) is 18.0 Å². The molecular formula is C26H27N3O6S. The molecule has 36 heavy (non-hydrogen) atoms. The fourth-order valence-electron chi connectivity index (χ4n) is 4.93. The molecule has 1 aliphatic heterocycles. The molecular weight excluding hydrogens is 482 g/mol. The highest BCUT2D eigenvalue weighted by molar-refractivity contribution is 7.94. The van der Waals surface area contributed by atoms with Gasteiger partial charge in [0.25, 0.3) is 0 Å². The summed E-state index contributed by atoms with van der Waals surface area (Å²) >= 11 is 0. The molecule has 0 amide bonds. The Bertz CT molecular complexity index is 1370. The summed E-state index contributed by atoms with van der Waals surface area (Å²) in [6.07, 6.45) is 0. The standard InChI is InChI=1S/C26H27N3O6S/c1-3-34-25(30)23-21(19-13-15-9-5-7-11-17(15)27-19)29-22(24(36(23,32)33)26(31)35-4-2)20-14-16-10-6-8-12-18(16)28-20/h5-14,21-24,27-29H,3-4H2,1-2H3. The van der Waals surface area contributed by atoms with Crippen LogP contribution in [0.25, 0.3) is 21.8 Å². The highest BCUT2D eigenvalue weighted by Crippen LogP contribution is 2.40. The molecule has 4 unspecified atom stereocenters. The minimum atomic E-state index is -4.43. The van der Waals surface area contributed by atoms with Gasteiger partial charge in [-0.2, -0.15) is 0 Å². The first-order valence-electron chi connectivity index (χ1n) is 11.8. The number of nitrogens with one attached hydrogen (secondary N) is 3. The minimum absolute atomic E-state index is 0.000204. The zero-order valence-electron chi connectivity index (χ0n) is 19.9. The third-order valence-corrected chi connectivity index (χ3v) is 8.83. The average molecular weight is 510 g/mol. The minimum Gasteiger partial charge on any atom is -0.465 e. The number of fused-ring (bicyclic) bond motifs is 2. The number of carbonyl (C=O) groups is 2. The number of sulfone groups is 1. The van der Waals surface area contributed by atoms with E-state index in [-0.39, 0.29) is 13.2 Å². The van der Waals surface area contributed by atoms with Crippen molar-refractivity contribution in [2.24, 2.45) is 0 Å². The van der Waals surface area contributed by atoms with Gasteiger partial charge in [-0.3, -0.25) is 14.9 Å². The van der Waals surface area contributed by atoms with Crippen molar-refractivity contribution in [1.29, 1.82) is 0 Å². The summed E-state index contributed by atoms with van der Waals surface area (Å²) in [6.45, 7) is 3.21. The van der Waals surface area contributed by atoms with E-state index < -0.39 is 44.4 Å². The van der Waals surface area contributed by atoms with E-state index in [1.807, 2.05) is 60.7 Å². The first kappa shape index (κ1) is 24.1. The smallest absolute Gasteiger partial charge is 0.326 e. The molecule has 0 saturated carbocycles. The second-order valence-corrected chi connectivity index (χ2v) is 10.9. The van der Waals surface area contributed by atoms with Crippen molar-refractivity contribution < 1.29 is 27.5 Å². The molecule has 4 atom stereocenters. The number of H-pyrrole nitrogens is 2. The Kier molecular flexibility index (Phi) is 6.31. The second kappa shape index (κ2) is 9.44. The normalized spacial score (nSPS) is 23.5. The Balaban J connectivity index is 1.69. The zero-order valence-corrected chi connectivity index (χ0v) is 20.7. The van der Waals surface area contributed by atoms with Crippen LogP contribution in [0.5, 0.6) is 0 Å². The first-order chi connectivity index (χ1) is 17.3. The number of benzene rings is 2. The molecule has 5 rings (SSSR count). The van der Waals surface area contributed by atoms with Crippen LogP contribution in [0.2, 0.25) is 0 Å². The van der Waals surface area contributed by atoms with Crippen molar-refractivity contribution in [2.45, 2.75) is 36.4 Å². The van der Waals surface area contributed by atoms with Crippen LogP contribution in [-0.2, 0) is 28.9 Å². The van der Waals surface area contributed by atoms with Gasteiger partial charge in [0.1, 0.15) is 0 Å². The molecule has 0 radical (unpaired) electrons. The summed E-state index contributed by atoms with van der Waals surface area (Å²) in [5.74, 6) is -1.84. The van der Waals surface area contributed by atoms with Crippen LogP contribution in [0.3, 0.4) is 0 Å². The fourth-order valence-corrected chi connectivity index (χ4v) is 7.12. The lowest BCUT2D eigenvalue weighted by Crippen LogP contribution is -2.59. The molecule has 9 nitrogen and oxygen atoms in total. The van der Waals surface area contributed by atoms with Gasteiger partial charge < -0.3 is 19.4 Å². The molecule has 1 saturated heterocycles. The molecule has 4 aromatic rings. The topological polar surface area (TPSA) is 130 Å². The van der Waals surface area contributed by atoms with Crippen molar-refractivity contribution >= 4 is 43.6 Å². The van der Waals surface area contributed by atoms with E-state index in [0.717, 1.165) is 21.8 Å². The molecule has 3 N–H and O–H groups in total. The van der Waals surface area contributed by atoms with E-state index in [0.29, 0.717) is 11.4 Å². The molecule has 10 heteroatoms. The molecule has 3 heterocycles. The predicted octanol–water partition coefficient (Wildman–Crippen LogP) is 3.31. The summed E-state index contributed by atoms with van der Waals surface area (Å²) in [6, 6.07) is 16.6. The largest absolute Gasteiger partial charge is 0.465 e. The molecule has 2 aromatic heterocycles. The summed E-state index contributed by atoms with van der Waals surface area (Å²) in [5.41, 5.74) is 2.59. The number of para-hydroxylation sites is 2. The molecule has 0 aliphatic carbocycles. The fraction of sp³-hybridized carbons (Fsp3) is 0.308. The van der Waals surface area contributed by atoms with Crippen LogP contribution in [0, 0.1) is 0 Å². The monoisotopic (exact) mass is 509 g/mol. The van der Waals surface area contributed by atoms with Crippen LogP contribution in [-0.4, -0.2) is 54.0 Å². The summed E-state index contributed by atoms with van der Waals surface area (Å²) < 4.78 is 38.5. The first-order valence-corrected chi connectivity index (χ1v) is 13.4. The van der Waals surface area contributed by atoms with Crippen LogP contribution in [0.4, 0.5) is 0 Å². The molecule has 1 aliphatic rings. The summed E-state index contributed by atoms with van der Waals surface area (Å²) in [4.78, 5) is 32.7. The predicted molar refractivity (Wildman–Crippen MR) is 135 cm³/mol. The Morgan fingerprint density at radius 2 is 1.17 bits per heavy atom. The quantitative estimate of drug-likeness (QED) is 0.340. The maximum absolute atomic E-state index is 14.1. The van der Waals surface area contributed by atoms with Crippen molar-refractivity contribution in [3.8, 4) is 0 Å². The highest BCUT2D eigenvalue weighted by atomic mass is 32.2. The van der Waals surface area contributed by atoms with Crippen LogP contribution < -0.4 is 5.32 Å². The number of aromatic nitrogens is 2. The van der Waals surface area contributed by atoms with Crippen molar-refractivity contribution in [3.05, 3.63) is 72.1 Å². The molecule has 0 spiro atoms.